The number of rotatable bonds is 3. The van der Waals surface area contributed by atoms with E-state index in [4.69, 9.17) is 5.10 Å². The van der Waals surface area contributed by atoms with Crippen molar-refractivity contribution in [2.45, 2.75) is 39.5 Å². The summed E-state index contributed by atoms with van der Waals surface area (Å²) in [4.78, 5) is 19.6. The van der Waals surface area contributed by atoms with Crippen molar-refractivity contribution in [1.82, 2.24) is 19.5 Å². The molecule has 3 heterocycles. The number of fused-ring (bicyclic) bond motifs is 1. The van der Waals surface area contributed by atoms with Crippen LogP contribution < -0.4 is 0 Å². The van der Waals surface area contributed by atoms with Crippen LogP contribution in [0.3, 0.4) is 0 Å². The Morgan fingerprint density at radius 3 is 2.54 bits per heavy atom. The van der Waals surface area contributed by atoms with E-state index in [1.165, 1.54) is 6.42 Å². The summed E-state index contributed by atoms with van der Waals surface area (Å²) in [5, 5.41) is 4.73. The Bertz CT molecular complexity index is 940. The molecular weight excluding hydrogens is 324 g/mol. The number of aromatic nitrogens is 3. The highest BCUT2D eigenvalue weighted by atomic mass is 16.2. The van der Waals surface area contributed by atoms with E-state index in [-0.39, 0.29) is 5.91 Å². The number of carbonyl (C=O) groups is 1. The van der Waals surface area contributed by atoms with Crippen LogP contribution in [0.25, 0.3) is 16.8 Å². The minimum Gasteiger partial charge on any atom is -0.339 e. The summed E-state index contributed by atoms with van der Waals surface area (Å²) in [6.07, 6.45) is 5.87. The number of carbonyl (C=O) groups excluding carboxylic acids is 1. The molecule has 0 atom stereocenters. The maximum Gasteiger partial charge on any atom is 0.257 e. The molecule has 0 N–H and O–H groups in total. The van der Waals surface area contributed by atoms with E-state index in [1.807, 2.05) is 34.5 Å². The molecule has 1 aliphatic rings. The molecule has 2 aromatic heterocycles. The van der Waals surface area contributed by atoms with E-state index in [0.717, 1.165) is 60.5 Å². The van der Waals surface area contributed by atoms with Gasteiger partial charge in [0.1, 0.15) is 0 Å². The van der Waals surface area contributed by atoms with Gasteiger partial charge in [-0.2, -0.15) is 5.10 Å². The van der Waals surface area contributed by atoms with Crippen molar-refractivity contribution in [1.29, 1.82) is 0 Å². The Morgan fingerprint density at radius 1 is 1.12 bits per heavy atom. The highest BCUT2D eigenvalue weighted by Gasteiger charge is 2.24. The van der Waals surface area contributed by atoms with Crippen LogP contribution in [0.4, 0.5) is 0 Å². The molecular formula is C21H24N4O. The van der Waals surface area contributed by atoms with Gasteiger partial charge in [-0.1, -0.05) is 37.3 Å². The Labute approximate surface area is 153 Å². The Kier molecular flexibility index (Phi) is 4.45. The number of piperidine rings is 1. The van der Waals surface area contributed by atoms with Gasteiger partial charge in [-0.25, -0.2) is 9.50 Å². The SMILES string of the molecule is CCc1c(C(=O)N2CCCCC2)cnc2c(-c3ccccc3)c(C)nn12. The van der Waals surface area contributed by atoms with Crippen molar-refractivity contribution in [3.05, 3.63) is 53.5 Å². The molecule has 0 unspecified atom stereocenters. The summed E-state index contributed by atoms with van der Waals surface area (Å²) in [7, 11) is 0. The first kappa shape index (κ1) is 16.8. The second-order valence-corrected chi connectivity index (χ2v) is 6.89. The predicted molar refractivity (Wildman–Crippen MR) is 102 cm³/mol. The zero-order valence-corrected chi connectivity index (χ0v) is 15.4. The molecule has 0 bridgehead atoms. The van der Waals surface area contributed by atoms with Crippen LogP contribution >= 0.6 is 0 Å². The lowest BCUT2D eigenvalue weighted by Crippen LogP contribution is -2.36. The maximum absolute atomic E-state index is 13.0. The molecule has 5 nitrogen and oxygen atoms in total. The first-order chi connectivity index (χ1) is 12.7. The molecule has 1 fully saturated rings. The molecule has 1 aromatic carbocycles. The molecule has 0 spiro atoms. The first-order valence-electron chi connectivity index (χ1n) is 9.42. The first-order valence-corrected chi connectivity index (χ1v) is 9.42. The quantitative estimate of drug-likeness (QED) is 0.721. The third kappa shape index (κ3) is 2.77. The molecule has 4 rings (SSSR count). The van der Waals surface area contributed by atoms with Gasteiger partial charge in [-0.3, -0.25) is 4.79 Å². The van der Waals surface area contributed by atoms with Crippen molar-refractivity contribution < 1.29 is 4.79 Å². The van der Waals surface area contributed by atoms with Crippen molar-refractivity contribution in [3.63, 3.8) is 0 Å². The van der Waals surface area contributed by atoms with Gasteiger partial charge in [0.25, 0.3) is 5.91 Å². The molecule has 0 saturated carbocycles. The van der Waals surface area contributed by atoms with E-state index < -0.39 is 0 Å². The Balaban J connectivity index is 1.84. The lowest BCUT2D eigenvalue weighted by Gasteiger charge is -2.27. The van der Waals surface area contributed by atoms with Gasteiger partial charge in [0.15, 0.2) is 5.65 Å². The molecule has 1 amide bonds. The minimum absolute atomic E-state index is 0.0883. The molecule has 1 saturated heterocycles. The summed E-state index contributed by atoms with van der Waals surface area (Å²) < 4.78 is 1.87. The third-order valence-corrected chi connectivity index (χ3v) is 5.19. The van der Waals surface area contributed by atoms with Crippen LogP contribution in [0.2, 0.25) is 0 Å². The van der Waals surface area contributed by atoms with E-state index in [1.54, 1.807) is 6.20 Å². The topological polar surface area (TPSA) is 50.5 Å². The highest BCUT2D eigenvalue weighted by molar-refractivity contribution is 5.95. The van der Waals surface area contributed by atoms with Gasteiger partial charge in [0, 0.05) is 24.8 Å². The van der Waals surface area contributed by atoms with Gasteiger partial charge in [-0.15, -0.1) is 0 Å². The fourth-order valence-corrected chi connectivity index (χ4v) is 3.87. The Morgan fingerprint density at radius 2 is 1.85 bits per heavy atom. The van der Waals surface area contributed by atoms with Gasteiger partial charge in [-0.05, 0) is 38.2 Å². The van der Waals surface area contributed by atoms with E-state index in [2.05, 4.69) is 24.0 Å². The van der Waals surface area contributed by atoms with Crippen molar-refractivity contribution in [3.8, 4) is 11.1 Å². The molecule has 26 heavy (non-hydrogen) atoms. The van der Waals surface area contributed by atoms with E-state index in [9.17, 15) is 4.79 Å². The van der Waals surface area contributed by atoms with E-state index >= 15 is 0 Å². The van der Waals surface area contributed by atoms with Crippen LogP contribution in [0.5, 0.6) is 0 Å². The van der Waals surface area contributed by atoms with Crippen LogP contribution in [0.15, 0.2) is 36.5 Å². The minimum atomic E-state index is 0.0883. The molecule has 0 aliphatic carbocycles. The molecule has 3 aromatic rings. The van der Waals surface area contributed by atoms with Gasteiger partial charge >= 0.3 is 0 Å². The fraction of sp³-hybridized carbons (Fsp3) is 0.381. The molecule has 5 heteroatoms. The number of aryl methyl sites for hydroxylation is 2. The van der Waals surface area contributed by atoms with E-state index in [0.29, 0.717) is 5.56 Å². The van der Waals surface area contributed by atoms with Crippen molar-refractivity contribution in [2.75, 3.05) is 13.1 Å². The average molecular weight is 348 g/mol. The van der Waals surface area contributed by atoms with Crippen molar-refractivity contribution >= 4 is 11.6 Å². The average Bonchev–Trinajstić information content (AvgIpc) is 3.03. The van der Waals surface area contributed by atoms with Crippen LogP contribution in [0, 0.1) is 6.92 Å². The lowest BCUT2D eigenvalue weighted by atomic mass is 10.1. The van der Waals surface area contributed by atoms with Crippen LogP contribution in [0.1, 0.15) is 47.9 Å². The summed E-state index contributed by atoms with van der Waals surface area (Å²) in [6.45, 7) is 5.75. The number of hydrogen-bond donors (Lipinski definition) is 0. The highest BCUT2D eigenvalue weighted by Crippen LogP contribution is 2.28. The number of likely N-dealkylation sites (tertiary alicyclic amines) is 1. The van der Waals surface area contributed by atoms with Gasteiger partial charge in [0.2, 0.25) is 0 Å². The second kappa shape index (κ2) is 6.90. The summed E-state index contributed by atoms with van der Waals surface area (Å²) >= 11 is 0. The fourth-order valence-electron chi connectivity index (χ4n) is 3.87. The van der Waals surface area contributed by atoms with Crippen molar-refractivity contribution in [2.24, 2.45) is 0 Å². The van der Waals surface area contributed by atoms with Gasteiger partial charge < -0.3 is 4.90 Å². The van der Waals surface area contributed by atoms with Crippen LogP contribution in [-0.4, -0.2) is 38.5 Å². The monoisotopic (exact) mass is 348 g/mol. The summed E-state index contributed by atoms with van der Waals surface area (Å²) in [5.41, 5.74) is 5.52. The molecule has 0 radical (unpaired) electrons. The van der Waals surface area contributed by atoms with Crippen LogP contribution in [-0.2, 0) is 6.42 Å². The standard InChI is InChI=1S/C21H24N4O/c1-3-18-17(21(26)24-12-8-5-9-13-24)14-22-20-19(15(2)23-25(18)20)16-10-6-4-7-11-16/h4,6-7,10-11,14H,3,5,8-9,12-13H2,1-2H3. The molecule has 1 aliphatic heterocycles. The molecule has 134 valence electrons. The summed E-state index contributed by atoms with van der Waals surface area (Å²) in [5.74, 6) is 0.0883. The maximum atomic E-state index is 13.0. The largest absolute Gasteiger partial charge is 0.339 e. The third-order valence-electron chi connectivity index (χ3n) is 5.19. The zero-order valence-electron chi connectivity index (χ0n) is 15.4. The zero-order chi connectivity index (χ0) is 18.1. The smallest absolute Gasteiger partial charge is 0.257 e. The second-order valence-electron chi connectivity index (χ2n) is 6.89. The Hall–Kier alpha value is -2.69. The number of nitrogens with zero attached hydrogens (tertiary/aromatic N) is 4. The predicted octanol–water partition coefficient (Wildman–Crippen LogP) is 3.89. The number of hydrogen-bond acceptors (Lipinski definition) is 3. The van der Waals surface area contributed by atoms with Gasteiger partial charge in [0.05, 0.1) is 17.0 Å². The summed E-state index contributed by atoms with van der Waals surface area (Å²) in [6, 6.07) is 10.2. The normalized spacial score (nSPS) is 14.8. The number of benzene rings is 1. The lowest BCUT2D eigenvalue weighted by molar-refractivity contribution is 0.0722. The number of amides is 1.